The molecule has 3 heterocycles. The lowest BCUT2D eigenvalue weighted by atomic mass is 9.92. The van der Waals surface area contributed by atoms with Crippen LogP contribution >= 0.6 is 22.7 Å². The lowest BCUT2D eigenvalue weighted by Gasteiger charge is -2.27. The minimum Gasteiger partial charge on any atom is -0.469 e. The summed E-state index contributed by atoms with van der Waals surface area (Å²) < 4.78 is 5.61. The maximum absolute atomic E-state index is 5.61. The van der Waals surface area contributed by atoms with E-state index in [1.807, 2.05) is 28.9 Å². The Labute approximate surface area is 132 Å². The molecule has 2 nitrogen and oxygen atoms in total. The highest BCUT2D eigenvalue weighted by Crippen LogP contribution is 2.36. The van der Waals surface area contributed by atoms with Crippen molar-refractivity contribution in [2.24, 2.45) is 0 Å². The summed E-state index contributed by atoms with van der Waals surface area (Å²) in [5.74, 6) is 1.16. The van der Waals surface area contributed by atoms with Gasteiger partial charge in [0.05, 0.1) is 12.3 Å². The third kappa shape index (κ3) is 2.59. The number of fused-ring (bicyclic) bond motifs is 1. The molecule has 0 saturated carbocycles. The van der Waals surface area contributed by atoms with Crippen molar-refractivity contribution in [3.05, 3.63) is 68.4 Å². The molecular weight excluding hydrogens is 298 g/mol. The Morgan fingerprint density at radius 2 is 1.86 bits per heavy atom. The Balaban J connectivity index is 1.65. The van der Waals surface area contributed by atoms with E-state index in [0.29, 0.717) is 6.04 Å². The topological polar surface area (TPSA) is 25.2 Å². The van der Waals surface area contributed by atoms with Gasteiger partial charge in [-0.1, -0.05) is 12.1 Å². The molecule has 0 spiro atoms. The van der Waals surface area contributed by atoms with Gasteiger partial charge in [-0.15, -0.1) is 22.7 Å². The first-order valence-electron chi connectivity index (χ1n) is 7.31. The molecule has 1 atom stereocenters. The normalized spacial score (nSPS) is 18.0. The molecule has 0 aromatic carbocycles. The van der Waals surface area contributed by atoms with Crippen LogP contribution in [0.2, 0.25) is 0 Å². The van der Waals surface area contributed by atoms with Crippen LogP contribution in [0.25, 0.3) is 0 Å². The molecule has 21 heavy (non-hydrogen) atoms. The third-order valence-corrected chi connectivity index (χ3v) is 5.95. The zero-order valence-corrected chi connectivity index (χ0v) is 13.3. The van der Waals surface area contributed by atoms with E-state index in [0.717, 1.165) is 12.2 Å². The van der Waals surface area contributed by atoms with Crippen LogP contribution in [0.4, 0.5) is 0 Å². The van der Waals surface area contributed by atoms with E-state index in [4.69, 9.17) is 4.42 Å². The largest absolute Gasteiger partial charge is 0.469 e. The van der Waals surface area contributed by atoms with Crippen LogP contribution in [0.15, 0.2) is 51.8 Å². The first-order chi connectivity index (χ1) is 10.4. The zero-order valence-electron chi connectivity index (χ0n) is 11.6. The summed E-state index contributed by atoms with van der Waals surface area (Å²) in [5.41, 5.74) is 1.35. The summed E-state index contributed by atoms with van der Waals surface area (Å²) in [6.07, 6.45) is 5.28. The van der Waals surface area contributed by atoms with E-state index in [2.05, 4.69) is 46.4 Å². The van der Waals surface area contributed by atoms with E-state index < -0.39 is 0 Å². The molecule has 0 aliphatic heterocycles. The number of thiophene rings is 2. The Morgan fingerprint density at radius 1 is 1.10 bits per heavy atom. The SMILES string of the molecule is c1csc(C(NC2CCCc3occc32)c2cccs2)c1. The van der Waals surface area contributed by atoms with Gasteiger partial charge in [-0.2, -0.15) is 0 Å². The van der Waals surface area contributed by atoms with E-state index in [1.54, 1.807) is 0 Å². The second-order valence-electron chi connectivity index (χ2n) is 5.37. The van der Waals surface area contributed by atoms with Gasteiger partial charge in [0.25, 0.3) is 0 Å². The van der Waals surface area contributed by atoms with Crippen LogP contribution in [-0.4, -0.2) is 0 Å². The minimum atomic E-state index is 0.288. The highest BCUT2D eigenvalue weighted by molar-refractivity contribution is 7.11. The predicted molar refractivity (Wildman–Crippen MR) is 88.0 cm³/mol. The van der Waals surface area contributed by atoms with Crippen LogP contribution in [0.1, 0.15) is 46.0 Å². The van der Waals surface area contributed by atoms with Crippen molar-refractivity contribution in [3.63, 3.8) is 0 Å². The Hall–Kier alpha value is -1.36. The smallest absolute Gasteiger partial charge is 0.108 e. The fraction of sp³-hybridized carbons (Fsp3) is 0.294. The van der Waals surface area contributed by atoms with Gasteiger partial charge in [-0.05, 0) is 41.8 Å². The molecule has 1 N–H and O–H groups in total. The quantitative estimate of drug-likeness (QED) is 0.719. The van der Waals surface area contributed by atoms with E-state index >= 15 is 0 Å². The van der Waals surface area contributed by atoms with Gasteiger partial charge in [0.15, 0.2) is 0 Å². The second-order valence-corrected chi connectivity index (χ2v) is 7.33. The predicted octanol–water partition coefficient (Wildman–Crippen LogP) is 5.16. The number of nitrogens with one attached hydrogen (secondary N) is 1. The van der Waals surface area contributed by atoms with E-state index in [-0.39, 0.29) is 6.04 Å². The molecule has 1 unspecified atom stereocenters. The summed E-state index contributed by atoms with van der Waals surface area (Å²) in [6.45, 7) is 0. The highest BCUT2D eigenvalue weighted by atomic mass is 32.1. The lowest BCUT2D eigenvalue weighted by Crippen LogP contribution is -2.28. The molecular formula is C17H17NOS2. The molecule has 1 aliphatic carbocycles. The summed E-state index contributed by atoms with van der Waals surface area (Å²) >= 11 is 3.64. The average Bonchev–Trinajstić information content (AvgIpc) is 3.24. The van der Waals surface area contributed by atoms with Crippen molar-refractivity contribution in [1.29, 1.82) is 0 Å². The van der Waals surface area contributed by atoms with Crippen LogP contribution in [0.3, 0.4) is 0 Å². The Bertz CT molecular complexity index is 650. The van der Waals surface area contributed by atoms with Crippen LogP contribution in [0, 0.1) is 0 Å². The molecule has 0 saturated heterocycles. The summed E-state index contributed by atoms with van der Waals surface area (Å²) in [6, 6.07) is 11.5. The van der Waals surface area contributed by atoms with Gasteiger partial charge in [0, 0.05) is 27.8 Å². The molecule has 0 bridgehead atoms. The van der Waals surface area contributed by atoms with Crippen molar-refractivity contribution in [3.8, 4) is 0 Å². The van der Waals surface area contributed by atoms with Gasteiger partial charge in [0.1, 0.15) is 5.76 Å². The number of hydrogen-bond acceptors (Lipinski definition) is 4. The van der Waals surface area contributed by atoms with Crippen molar-refractivity contribution >= 4 is 22.7 Å². The van der Waals surface area contributed by atoms with Gasteiger partial charge < -0.3 is 4.42 Å². The Morgan fingerprint density at radius 3 is 2.52 bits per heavy atom. The molecule has 0 amide bonds. The minimum absolute atomic E-state index is 0.288. The molecule has 108 valence electrons. The van der Waals surface area contributed by atoms with Crippen molar-refractivity contribution in [2.75, 3.05) is 0 Å². The molecule has 4 heteroatoms. The number of hydrogen-bond donors (Lipinski definition) is 1. The van der Waals surface area contributed by atoms with Gasteiger partial charge >= 0.3 is 0 Å². The lowest BCUT2D eigenvalue weighted by molar-refractivity contribution is 0.397. The standard InChI is InChI=1S/C17H17NOS2/c1-4-13(12-8-9-19-14(12)5-1)18-17(15-6-2-10-20-15)16-7-3-11-21-16/h2-3,6-11,13,17-18H,1,4-5H2. The molecule has 3 aromatic rings. The third-order valence-electron chi connectivity index (χ3n) is 4.08. The van der Waals surface area contributed by atoms with E-state index in [1.165, 1.54) is 28.2 Å². The fourth-order valence-electron chi connectivity index (χ4n) is 3.08. The summed E-state index contributed by atoms with van der Waals surface area (Å²) in [4.78, 5) is 2.76. The van der Waals surface area contributed by atoms with Crippen molar-refractivity contribution < 1.29 is 4.42 Å². The number of aryl methyl sites for hydroxylation is 1. The Kier molecular flexibility index (Phi) is 3.67. The van der Waals surface area contributed by atoms with Crippen molar-refractivity contribution in [2.45, 2.75) is 31.3 Å². The zero-order chi connectivity index (χ0) is 14.1. The van der Waals surface area contributed by atoms with Crippen molar-refractivity contribution in [1.82, 2.24) is 5.32 Å². The number of furan rings is 1. The maximum Gasteiger partial charge on any atom is 0.108 e. The van der Waals surface area contributed by atoms with Gasteiger partial charge in [0.2, 0.25) is 0 Å². The highest BCUT2D eigenvalue weighted by Gasteiger charge is 2.26. The van der Waals surface area contributed by atoms with Crippen LogP contribution < -0.4 is 5.32 Å². The maximum atomic E-state index is 5.61. The average molecular weight is 315 g/mol. The summed E-state index contributed by atoms with van der Waals surface area (Å²) in [5, 5.41) is 8.17. The van der Waals surface area contributed by atoms with Crippen LogP contribution in [-0.2, 0) is 6.42 Å². The summed E-state index contributed by atoms with van der Waals surface area (Å²) in [7, 11) is 0. The number of rotatable bonds is 4. The van der Waals surface area contributed by atoms with Crippen LogP contribution in [0.5, 0.6) is 0 Å². The molecule has 0 fully saturated rings. The fourth-order valence-corrected chi connectivity index (χ4v) is 4.76. The first-order valence-corrected chi connectivity index (χ1v) is 9.07. The van der Waals surface area contributed by atoms with E-state index in [9.17, 15) is 0 Å². The molecule has 1 aliphatic rings. The monoisotopic (exact) mass is 315 g/mol. The first kappa shape index (κ1) is 13.3. The molecule has 3 aromatic heterocycles. The second kappa shape index (κ2) is 5.79. The van der Waals surface area contributed by atoms with Gasteiger partial charge in [-0.25, -0.2) is 0 Å². The van der Waals surface area contributed by atoms with Gasteiger partial charge in [-0.3, -0.25) is 5.32 Å². The molecule has 0 radical (unpaired) electrons. The molecule has 4 rings (SSSR count).